The van der Waals surface area contributed by atoms with Crippen molar-refractivity contribution < 1.29 is 0 Å². The largest absolute Gasteiger partial charge is 0.313 e. The number of rotatable bonds is 5. The maximum Gasteiger partial charge on any atom is 0.0468 e. The quantitative estimate of drug-likeness (QED) is 0.809. The van der Waals surface area contributed by atoms with E-state index >= 15 is 0 Å². The van der Waals surface area contributed by atoms with E-state index in [0.29, 0.717) is 17.0 Å². The van der Waals surface area contributed by atoms with Gasteiger partial charge in [-0.15, -0.1) is 0 Å². The van der Waals surface area contributed by atoms with E-state index in [1.165, 1.54) is 6.42 Å². The van der Waals surface area contributed by atoms with Crippen molar-refractivity contribution in [3.05, 3.63) is 33.8 Å². The van der Waals surface area contributed by atoms with Crippen molar-refractivity contribution in [1.29, 1.82) is 0 Å². The Hall–Kier alpha value is -0.240. The van der Waals surface area contributed by atoms with Crippen LogP contribution >= 0.6 is 23.2 Å². The summed E-state index contributed by atoms with van der Waals surface area (Å²) in [5, 5.41) is 4.74. The number of benzene rings is 1. The van der Waals surface area contributed by atoms with Crippen LogP contribution in [0.5, 0.6) is 0 Å². The fourth-order valence-electron chi connectivity index (χ4n) is 1.74. The Morgan fingerprint density at radius 1 is 1.19 bits per heavy atom. The van der Waals surface area contributed by atoms with Gasteiger partial charge in [-0.3, -0.25) is 0 Å². The maximum absolute atomic E-state index is 6.19. The van der Waals surface area contributed by atoms with Crippen LogP contribution in [0.2, 0.25) is 10.0 Å². The van der Waals surface area contributed by atoms with E-state index in [2.05, 4.69) is 19.2 Å². The molecule has 0 fully saturated rings. The summed E-state index contributed by atoms with van der Waals surface area (Å²) in [6.07, 6.45) is 2.28. The van der Waals surface area contributed by atoms with Gasteiger partial charge in [0.05, 0.1) is 0 Å². The highest BCUT2D eigenvalue weighted by molar-refractivity contribution is 6.35. The maximum atomic E-state index is 6.19. The molecule has 0 aliphatic rings. The second-order valence-corrected chi connectivity index (χ2v) is 5.32. The number of halogens is 2. The van der Waals surface area contributed by atoms with Gasteiger partial charge in [-0.25, -0.2) is 0 Å². The van der Waals surface area contributed by atoms with Crippen molar-refractivity contribution in [3.8, 4) is 0 Å². The smallest absolute Gasteiger partial charge is 0.0468 e. The van der Waals surface area contributed by atoms with Crippen LogP contribution in [0.25, 0.3) is 0 Å². The topological polar surface area (TPSA) is 12.0 Å². The molecule has 1 nitrogen and oxygen atoms in total. The zero-order chi connectivity index (χ0) is 12.1. The van der Waals surface area contributed by atoms with Crippen LogP contribution in [0.3, 0.4) is 0 Å². The minimum atomic E-state index is 0.312. The van der Waals surface area contributed by atoms with Crippen molar-refractivity contribution in [3.63, 3.8) is 0 Å². The van der Waals surface area contributed by atoms with Crippen molar-refractivity contribution in [2.24, 2.45) is 5.92 Å². The van der Waals surface area contributed by atoms with Crippen LogP contribution in [0, 0.1) is 5.92 Å². The summed E-state index contributed by atoms with van der Waals surface area (Å²) < 4.78 is 0. The first-order valence-corrected chi connectivity index (χ1v) is 6.42. The first-order valence-electron chi connectivity index (χ1n) is 5.66. The van der Waals surface area contributed by atoms with Gasteiger partial charge in [0.15, 0.2) is 0 Å². The summed E-state index contributed by atoms with van der Waals surface area (Å²) in [7, 11) is 1.97. The molecule has 0 heterocycles. The number of nitrogens with one attached hydrogen (secondary N) is 1. The molecule has 0 aromatic heterocycles. The Bertz CT molecular complexity index is 337. The molecule has 0 saturated carbocycles. The van der Waals surface area contributed by atoms with Crippen LogP contribution in [-0.4, -0.2) is 7.05 Å². The zero-order valence-corrected chi connectivity index (χ0v) is 11.6. The van der Waals surface area contributed by atoms with Crippen LogP contribution in [0.15, 0.2) is 18.2 Å². The molecule has 0 saturated heterocycles. The first kappa shape index (κ1) is 13.8. The van der Waals surface area contributed by atoms with Crippen LogP contribution in [0.4, 0.5) is 0 Å². The number of hydrogen-bond acceptors (Lipinski definition) is 1. The minimum absolute atomic E-state index is 0.312. The molecule has 1 rings (SSSR count). The van der Waals surface area contributed by atoms with E-state index in [1.54, 1.807) is 6.07 Å². The van der Waals surface area contributed by atoms with Gasteiger partial charge < -0.3 is 5.32 Å². The lowest BCUT2D eigenvalue weighted by Crippen LogP contribution is -2.17. The van der Waals surface area contributed by atoms with Crippen LogP contribution < -0.4 is 5.32 Å². The summed E-state index contributed by atoms with van der Waals surface area (Å²) in [5.74, 6) is 0.710. The predicted octanol–water partition coefficient (Wildman–Crippen LogP) is 4.69. The highest BCUT2D eigenvalue weighted by atomic mass is 35.5. The van der Waals surface area contributed by atoms with Gasteiger partial charge in [-0.2, -0.15) is 0 Å². The second-order valence-electron chi connectivity index (χ2n) is 4.48. The Kier molecular flexibility index (Phi) is 5.60. The average molecular weight is 260 g/mol. The third-order valence-electron chi connectivity index (χ3n) is 2.72. The summed E-state index contributed by atoms with van der Waals surface area (Å²) in [6, 6.07) is 6.01. The van der Waals surface area contributed by atoms with Gasteiger partial charge >= 0.3 is 0 Å². The van der Waals surface area contributed by atoms with Gasteiger partial charge in [0.25, 0.3) is 0 Å². The lowest BCUT2D eigenvalue weighted by molar-refractivity contribution is 0.465. The molecule has 1 atom stereocenters. The van der Waals surface area contributed by atoms with Crippen molar-refractivity contribution >= 4 is 23.2 Å². The molecule has 1 unspecified atom stereocenters. The zero-order valence-electron chi connectivity index (χ0n) is 10.1. The molecule has 1 aromatic rings. The Balaban J connectivity index is 2.78. The molecule has 1 aromatic carbocycles. The summed E-state index contributed by atoms with van der Waals surface area (Å²) in [5.41, 5.74) is 1.13. The third kappa shape index (κ3) is 3.97. The third-order valence-corrected chi connectivity index (χ3v) is 3.28. The van der Waals surface area contributed by atoms with Crippen LogP contribution in [0.1, 0.15) is 38.3 Å². The van der Waals surface area contributed by atoms with E-state index in [0.717, 1.165) is 17.0 Å². The molecule has 0 spiro atoms. The molecule has 1 N–H and O–H groups in total. The molecule has 16 heavy (non-hydrogen) atoms. The predicted molar refractivity (Wildman–Crippen MR) is 72.3 cm³/mol. The monoisotopic (exact) mass is 259 g/mol. The SMILES string of the molecule is CNC(CCC(C)C)c1ccc(Cl)cc1Cl. The second kappa shape index (κ2) is 6.48. The Morgan fingerprint density at radius 3 is 2.38 bits per heavy atom. The fourth-order valence-corrected chi connectivity index (χ4v) is 2.28. The average Bonchev–Trinajstić information content (AvgIpc) is 2.21. The molecule has 0 aliphatic carbocycles. The Morgan fingerprint density at radius 2 is 1.88 bits per heavy atom. The standard InChI is InChI=1S/C13H19Cl2N/c1-9(2)4-7-13(16-3)11-6-5-10(14)8-12(11)15/h5-6,8-9,13,16H,4,7H2,1-3H3. The van der Waals surface area contributed by atoms with E-state index < -0.39 is 0 Å². The van der Waals surface area contributed by atoms with Crippen LogP contribution in [-0.2, 0) is 0 Å². The first-order chi connectivity index (χ1) is 7.54. The lowest BCUT2D eigenvalue weighted by atomic mass is 9.98. The van der Waals surface area contributed by atoms with Gasteiger partial charge in [-0.1, -0.05) is 43.1 Å². The Labute approximate surface area is 108 Å². The highest BCUT2D eigenvalue weighted by Gasteiger charge is 2.13. The van der Waals surface area contributed by atoms with E-state index in [4.69, 9.17) is 23.2 Å². The van der Waals surface area contributed by atoms with Gasteiger partial charge in [0, 0.05) is 16.1 Å². The molecule has 0 radical (unpaired) electrons. The molecule has 90 valence electrons. The van der Waals surface area contributed by atoms with Gasteiger partial charge in [-0.05, 0) is 43.5 Å². The highest BCUT2D eigenvalue weighted by Crippen LogP contribution is 2.29. The van der Waals surface area contributed by atoms with Crippen molar-refractivity contribution in [2.45, 2.75) is 32.7 Å². The van der Waals surface area contributed by atoms with E-state index in [1.807, 2.05) is 19.2 Å². The molecule has 0 aliphatic heterocycles. The van der Waals surface area contributed by atoms with E-state index in [-0.39, 0.29) is 0 Å². The lowest BCUT2D eigenvalue weighted by Gasteiger charge is -2.19. The molecular formula is C13H19Cl2N. The minimum Gasteiger partial charge on any atom is -0.313 e. The van der Waals surface area contributed by atoms with E-state index in [9.17, 15) is 0 Å². The fraction of sp³-hybridized carbons (Fsp3) is 0.538. The van der Waals surface area contributed by atoms with Gasteiger partial charge in [0.2, 0.25) is 0 Å². The van der Waals surface area contributed by atoms with Crippen molar-refractivity contribution in [1.82, 2.24) is 5.32 Å². The van der Waals surface area contributed by atoms with Crippen molar-refractivity contribution in [2.75, 3.05) is 7.05 Å². The summed E-state index contributed by atoms with van der Waals surface area (Å²) in [6.45, 7) is 4.46. The summed E-state index contributed by atoms with van der Waals surface area (Å²) in [4.78, 5) is 0. The normalized spacial score (nSPS) is 13.1. The number of hydrogen-bond donors (Lipinski definition) is 1. The molecule has 0 bridgehead atoms. The van der Waals surface area contributed by atoms with Gasteiger partial charge in [0.1, 0.15) is 0 Å². The molecule has 3 heteroatoms. The summed E-state index contributed by atoms with van der Waals surface area (Å²) >= 11 is 12.1. The molecule has 0 amide bonds. The molecular weight excluding hydrogens is 241 g/mol.